The molecule has 112 heavy (non-hydrogen) atoms. The Kier molecular flexibility index (Phi) is 19.7. The first-order chi connectivity index (χ1) is 55.4. The van der Waals surface area contributed by atoms with E-state index in [9.17, 15) is 0 Å². The Labute approximate surface area is 661 Å². The average molecular weight is 1500 g/mol. The molecule has 16 aromatic rings. The highest BCUT2D eigenvalue weighted by molar-refractivity contribution is 9.10. The number of nitrogens with one attached hydrogen (secondary N) is 2. The average Bonchev–Trinajstić information content (AvgIpc) is 1.61. The van der Waals surface area contributed by atoms with Gasteiger partial charge in [-0.25, -0.2) is 9.97 Å². The predicted octanol–water partition coefficient (Wildman–Crippen LogP) is 29.0. The summed E-state index contributed by atoms with van der Waals surface area (Å²) in [5, 5.41) is 0. The molecule has 8 heteroatoms. The minimum atomic E-state index is 0.831. The Bertz CT molecular complexity index is 6040. The number of aromatic amines is 2. The van der Waals surface area contributed by atoms with Gasteiger partial charge in [0, 0.05) is 100.0 Å². The van der Waals surface area contributed by atoms with Crippen molar-refractivity contribution in [3.05, 3.63) is 437 Å². The summed E-state index contributed by atoms with van der Waals surface area (Å²) in [7, 11) is 0. The highest BCUT2D eigenvalue weighted by Crippen LogP contribution is 2.42. The van der Waals surface area contributed by atoms with Crippen molar-refractivity contribution in [3.8, 4) is 44.5 Å². The number of H-pyrrole nitrogens is 2. The fourth-order valence-corrected chi connectivity index (χ4v) is 15.2. The van der Waals surface area contributed by atoms with Crippen molar-refractivity contribution in [3.63, 3.8) is 0 Å². The van der Waals surface area contributed by atoms with Gasteiger partial charge in [0.1, 0.15) is 0 Å². The molecule has 2 aliphatic rings. The van der Waals surface area contributed by atoms with E-state index < -0.39 is 0 Å². The number of benzene rings is 13. The maximum absolute atomic E-state index is 5.71. The third-order valence-electron chi connectivity index (χ3n) is 20.4. The number of hydrogen-bond acceptors (Lipinski definition) is 5. The Morgan fingerprint density at radius 3 is 0.580 bits per heavy atom. The second kappa shape index (κ2) is 31.8. The van der Waals surface area contributed by atoms with Gasteiger partial charge in [-0.05, 0) is 226 Å². The summed E-state index contributed by atoms with van der Waals surface area (Å²) in [5.41, 5.74) is 31.4. The standard InChI is InChI=1S/C104H74BrN7/c105-83-57-55-82(56-58-83)104-99-71-69-97(108-99)102(80-51-39-74(40-52-80)32-35-77-45-61-91(62-46-77)111(86-23-11-3-12-24-86)87-25-13-4-14-26-87)95-67-65-93(106-95)101(79-49-37-73(38-50-79)31-34-76-43-59-90(60-44-76)110(84-19-7-1-8-20-84)85-21-9-2-10-22-85)94-66-68-96(107-94)103(98-70-72-100(104)109-98)81-53-41-75(42-54-81)33-36-78-47-63-92(64-48-78)112(88-27-15-5-16-28-88)89-29-17-6-18-30-89/h1-72,106,109H/b34-31+,35-32+,36-33+,101-93?,101-94?,102-95?,102-97?,103-96?,103-98?,104-99?,104-100?. The van der Waals surface area contributed by atoms with Crippen LogP contribution >= 0.6 is 15.9 Å². The lowest BCUT2D eigenvalue weighted by Crippen LogP contribution is -2.09. The van der Waals surface area contributed by atoms with Gasteiger partial charge in [-0.3, -0.25) is 0 Å². The molecule has 3 aromatic heterocycles. The van der Waals surface area contributed by atoms with Crippen molar-refractivity contribution in [2.45, 2.75) is 0 Å². The van der Waals surface area contributed by atoms with Crippen molar-refractivity contribution in [2.24, 2.45) is 0 Å². The molecular formula is C104H74BrN7. The van der Waals surface area contributed by atoms with Gasteiger partial charge in [-0.1, -0.05) is 283 Å². The molecule has 2 aliphatic heterocycles. The molecule has 0 unspecified atom stereocenters. The molecule has 532 valence electrons. The van der Waals surface area contributed by atoms with Gasteiger partial charge in [0.25, 0.3) is 0 Å². The van der Waals surface area contributed by atoms with Crippen LogP contribution in [-0.4, -0.2) is 19.9 Å². The molecule has 18 rings (SSSR count). The first kappa shape index (κ1) is 69.3. The maximum atomic E-state index is 5.71. The second-order valence-corrected chi connectivity index (χ2v) is 28.6. The van der Waals surface area contributed by atoms with Gasteiger partial charge in [0.15, 0.2) is 0 Å². The van der Waals surface area contributed by atoms with Crippen molar-refractivity contribution in [2.75, 3.05) is 14.7 Å². The SMILES string of the molecule is Brc1ccc(-c2c3nc(c(-c4ccc(/C=C/c5ccc(N(c6ccccc6)c6ccccc6)cc5)cc4)c4ccc([nH]4)c(-c4ccc(/C=C/c5ccc(N(c6ccccc6)c6ccccc6)cc5)cc4)c4nc(c(-c5ccc(/C=C/c6ccc(N(c7ccccc7)c7ccccc7)cc6)cc5)c5ccc2[nH]5)C=C4)C=C3)cc1. The van der Waals surface area contributed by atoms with Crippen LogP contribution in [0.1, 0.15) is 56.2 Å². The Morgan fingerprint density at radius 1 is 0.196 bits per heavy atom. The summed E-state index contributed by atoms with van der Waals surface area (Å²) < 4.78 is 0.993. The molecule has 0 spiro atoms. The van der Waals surface area contributed by atoms with E-state index in [1.54, 1.807) is 0 Å². The van der Waals surface area contributed by atoms with E-state index in [0.717, 1.165) is 178 Å². The second-order valence-electron chi connectivity index (χ2n) is 27.7. The Morgan fingerprint density at radius 2 is 0.375 bits per heavy atom. The van der Waals surface area contributed by atoms with Crippen LogP contribution in [-0.2, 0) is 0 Å². The van der Waals surface area contributed by atoms with Crippen LogP contribution in [0.15, 0.2) is 381 Å². The quantitative estimate of drug-likeness (QED) is 0.0790. The highest BCUT2D eigenvalue weighted by atomic mass is 79.9. The monoisotopic (exact) mass is 1500 g/mol. The van der Waals surface area contributed by atoms with Crippen LogP contribution in [0, 0.1) is 0 Å². The number of para-hydroxylation sites is 6. The number of fused-ring (bicyclic) bond motifs is 8. The van der Waals surface area contributed by atoms with Gasteiger partial charge in [0.05, 0.1) is 22.8 Å². The van der Waals surface area contributed by atoms with Crippen LogP contribution in [0.25, 0.3) is 127 Å². The molecule has 0 fully saturated rings. The molecular weight excluding hydrogens is 1430 g/mol. The van der Waals surface area contributed by atoms with Crippen LogP contribution < -0.4 is 14.7 Å². The molecule has 13 aromatic carbocycles. The maximum Gasteiger partial charge on any atom is 0.0737 e. The van der Waals surface area contributed by atoms with Gasteiger partial charge in [0.2, 0.25) is 0 Å². The van der Waals surface area contributed by atoms with Gasteiger partial charge in [-0.2, -0.15) is 0 Å². The van der Waals surface area contributed by atoms with E-state index in [-0.39, 0.29) is 0 Å². The fourth-order valence-electron chi connectivity index (χ4n) is 14.9. The Balaban J connectivity index is 0.729. The summed E-state index contributed by atoms with van der Waals surface area (Å²) in [6.07, 6.45) is 21.7. The van der Waals surface area contributed by atoms with E-state index in [4.69, 9.17) is 9.97 Å². The molecule has 0 saturated heterocycles. The zero-order valence-electron chi connectivity index (χ0n) is 61.2. The van der Waals surface area contributed by atoms with E-state index in [0.29, 0.717) is 0 Å². The first-order valence-corrected chi connectivity index (χ1v) is 38.5. The highest BCUT2D eigenvalue weighted by Gasteiger charge is 2.21. The largest absolute Gasteiger partial charge is 0.354 e. The number of anilines is 9. The normalized spacial score (nSPS) is 11.8. The molecule has 8 bridgehead atoms. The number of rotatable bonds is 19. The van der Waals surface area contributed by atoms with Crippen molar-refractivity contribution in [1.82, 2.24) is 19.9 Å². The predicted molar refractivity (Wildman–Crippen MR) is 478 cm³/mol. The zero-order valence-corrected chi connectivity index (χ0v) is 62.8. The third kappa shape index (κ3) is 15.0. The molecule has 7 nitrogen and oxygen atoms in total. The van der Waals surface area contributed by atoms with Crippen molar-refractivity contribution >= 4 is 150 Å². The summed E-state index contributed by atoms with van der Waals surface area (Å²) >= 11 is 3.74. The van der Waals surface area contributed by atoms with Crippen LogP contribution in [0.3, 0.4) is 0 Å². The lowest BCUT2D eigenvalue weighted by atomic mass is 10.0. The molecule has 0 radical (unpaired) electrons. The van der Waals surface area contributed by atoms with Crippen LogP contribution in [0.5, 0.6) is 0 Å². The molecule has 5 heterocycles. The minimum Gasteiger partial charge on any atom is -0.354 e. The van der Waals surface area contributed by atoms with Gasteiger partial charge in [-0.15, -0.1) is 0 Å². The molecule has 0 aliphatic carbocycles. The van der Waals surface area contributed by atoms with E-state index >= 15 is 0 Å². The van der Waals surface area contributed by atoms with Crippen LogP contribution in [0.2, 0.25) is 0 Å². The van der Waals surface area contributed by atoms with Gasteiger partial charge < -0.3 is 24.7 Å². The molecule has 0 amide bonds. The third-order valence-corrected chi connectivity index (χ3v) is 21.0. The summed E-state index contributed by atoms with van der Waals surface area (Å²) in [5.74, 6) is 0. The Hall–Kier alpha value is -14.4. The smallest absolute Gasteiger partial charge is 0.0737 e. The molecule has 0 saturated carbocycles. The number of hydrogen-bond donors (Lipinski definition) is 2. The zero-order chi connectivity index (χ0) is 74.9. The summed E-state index contributed by atoms with van der Waals surface area (Å²) in [6.45, 7) is 0. The molecule has 2 N–H and O–H groups in total. The van der Waals surface area contributed by atoms with Crippen LogP contribution in [0.4, 0.5) is 51.2 Å². The van der Waals surface area contributed by atoms with Crippen molar-refractivity contribution in [1.29, 1.82) is 0 Å². The lowest BCUT2D eigenvalue weighted by Gasteiger charge is -2.25. The first-order valence-electron chi connectivity index (χ1n) is 37.7. The summed E-state index contributed by atoms with van der Waals surface area (Å²) in [4.78, 5) is 26.2. The van der Waals surface area contributed by atoms with Crippen molar-refractivity contribution < 1.29 is 0 Å². The van der Waals surface area contributed by atoms with Gasteiger partial charge >= 0.3 is 0 Å². The lowest BCUT2D eigenvalue weighted by molar-refractivity contribution is 1.28. The fraction of sp³-hybridized carbons (Fsp3) is 0. The molecule has 0 atom stereocenters. The number of aromatic nitrogens is 4. The topological polar surface area (TPSA) is 67.1 Å². The van der Waals surface area contributed by atoms with E-state index in [2.05, 4.69) is 477 Å². The number of halogens is 1. The minimum absolute atomic E-state index is 0.831. The van der Waals surface area contributed by atoms with E-state index in [1.807, 2.05) is 0 Å². The summed E-state index contributed by atoms with van der Waals surface area (Å²) in [6, 6.07) is 133. The van der Waals surface area contributed by atoms with E-state index in [1.165, 1.54) is 0 Å². The number of nitrogens with zero attached hydrogens (tertiary/aromatic N) is 5.